The summed E-state index contributed by atoms with van der Waals surface area (Å²) in [5.74, 6) is 0. The lowest BCUT2D eigenvalue weighted by atomic mass is 9.99. The molecular formula is C15H22O2. The van der Waals surface area contributed by atoms with E-state index in [-0.39, 0.29) is 12.2 Å². The smallest absolute Gasteiger partial charge is 0.0842 e. The van der Waals surface area contributed by atoms with Gasteiger partial charge in [0.05, 0.1) is 18.3 Å². The first-order chi connectivity index (χ1) is 8.06. The lowest BCUT2D eigenvalue weighted by Crippen LogP contribution is -2.28. The van der Waals surface area contributed by atoms with E-state index in [1.54, 1.807) is 0 Å². The van der Waals surface area contributed by atoms with Crippen LogP contribution in [0.3, 0.4) is 0 Å². The van der Waals surface area contributed by atoms with Crippen molar-refractivity contribution < 1.29 is 9.84 Å². The molecule has 0 aromatic heterocycles. The number of rotatable bonds is 3. The second-order valence-corrected chi connectivity index (χ2v) is 5.25. The molecular weight excluding hydrogens is 212 g/mol. The zero-order valence-electron chi connectivity index (χ0n) is 10.9. The summed E-state index contributed by atoms with van der Waals surface area (Å²) in [7, 11) is 0. The van der Waals surface area contributed by atoms with Gasteiger partial charge < -0.3 is 9.84 Å². The van der Waals surface area contributed by atoms with Crippen molar-refractivity contribution in [2.75, 3.05) is 0 Å². The van der Waals surface area contributed by atoms with Gasteiger partial charge in [0.2, 0.25) is 0 Å². The molecule has 1 aliphatic rings. The van der Waals surface area contributed by atoms with Gasteiger partial charge in [0.1, 0.15) is 0 Å². The van der Waals surface area contributed by atoms with Crippen LogP contribution in [0.5, 0.6) is 0 Å². The van der Waals surface area contributed by atoms with Gasteiger partial charge in [-0.2, -0.15) is 0 Å². The highest BCUT2D eigenvalue weighted by Gasteiger charge is 2.28. The van der Waals surface area contributed by atoms with Gasteiger partial charge in [0.25, 0.3) is 0 Å². The highest BCUT2D eigenvalue weighted by atomic mass is 16.5. The molecule has 0 spiro atoms. The predicted octanol–water partition coefficient (Wildman–Crippen LogP) is 2.77. The molecule has 1 fully saturated rings. The molecule has 0 aliphatic carbocycles. The van der Waals surface area contributed by atoms with Crippen molar-refractivity contribution in [3.63, 3.8) is 0 Å². The van der Waals surface area contributed by atoms with E-state index >= 15 is 0 Å². The molecule has 2 nitrogen and oxygen atoms in total. The van der Waals surface area contributed by atoms with Gasteiger partial charge in [-0.05, 0) is 50.3 Å². The molecule has 0 bridgehead atoms. The molecule has 1 aliphatic heterocycles. The highest BCUT2D eigenvalue weighted by molar-refractivity contribution is 5.30. The Kier molecular flexibility index (Phi) is 3.85. The number of hydrogen-bond donors (Lipinski definition) is 1. The SMILES string of the molecule is Cc1ccc(CC(O)C2CCC(C)O2)cc1C. The fourth-order valence-electron chi connectivity index (χ4n) is 2.42. The van der Waals surface area contributed by atoms with Crippen LogP contribution in [0.1, 0.15) is 36.5 Å². The molecule has 3 atom stereocenters. The van der Waals surface area contributed by atoms with Gasteiger partial charge in [0, 0.05) is 6.42 Å². The number of benzene rings is 1. The second-order valence-electron chi connectivity index (χ2n) is 5.25. The maximum Gasteiger partial charge on any atom is 0.0842 e. The van der Waals surface area contributed by atoms with Crippen molar-refractivity contribution in [3.05, 3.63) is 34.9 Å². The standard InChI is InChI=1S/C15H22O2/c1-10-4-6-13(8-11(10)2)9-14(16)15-7-5-12(3)17-15/h4,6,8,12,14-16H,5,7,9H2,1-3H3. The lowest BCUT2D eigenvalue weighted by Gasteiger charge is -2.18. The maximum absolute atomic E-state index is 10.2. The molecule has 1 saturated heterocycles. The summed E-state index contributed by atoms with van der Waals surface area (Å²) >= 11 is 0. The molecule has 1 aromatic carbocycles. The van der Waals surface area contributed by atoms with Crippen molar-refractivity contribution in [3.8, 4) is 0 Å². The Bertz CT molecular complexity index is 387. The monoisotopic (exact) mass is 234 g/mol. The van der Waals surface area contributed by atoms with Crippen molar-refractivity contribution in [1.82, 2.24) is 0 Å². The Morgan fingerprint density at radius 2 is 2.06 bits per heavy atom. The van der Waals surface area contributed by atoms with Crippen LogP contribution in [0.25, 0.3) is 0 Å². The highest BCUT2D eigenvalue weighted by Crippen LogP contribution is 2.23. The van der Waals surface area contributed by atoms with Crippen LogP contribution < -0.4 is 0 Å². The number of hydrogen-bond acceptors (Lipinski definition) is 2. The van der Waals surface area contributed by atoms with Gasteiger partial charge in [-0.1, -0.05) is 18.2 Å². The Morgan fingerprint density at radius 1 is 1.29 bits per heavy atom. The van der Waals surface area contributed by atoms with E-state index in [2.05, 4.69) is 39.0 Å². The number of aliphatic hydroxyl groups is 1. The molecule has 0 amide bonds. The quantitative estimate of drug-likeness (QED) is 0.871. The summed E-state index contributed by atoms with van der Waals surface area (Å²) in [4.78, 5) is 0. The predicted molar refractivity (Wildman–Crippen MR) is 69.2 cm³/mol. The molecule has 3 unspecified atom stereocenters. The van der Waals surface area contributed by atoms with Gasteiger partial charge in [-0.15, -0.1) is 0 Å². The molecule has 2 rings (SSSR count). The minimum atomic E-state index is -0.373. The maximum atomic E-state index is 10.2. The first kappa shape index (κ1) is 12.6. The van der Waals surface area contributed by atoms with Crippen LogP contribution >= 0.6 is 0 Å². The van der Waals surface area contributed by atoms with Crippen LogP contribution in [-0.4, -0.2) is 23.4 Å². The first-order valence-electron chi connectivity index (χ1n) is 6.46. The van der Waals surface area contributed by atoms with Crippen molar-refractivity contribution in [1.29, 1.82) is 0 Å². The average Bonchev–Trinajstić information content (AvgIpc) is 2.70. The zero-order chi connectivity index (χ0) is 12.4. The van der Waals surface area contributed by atoms with E-state index in [0.717, 1.165) is 12.8 Å². The van der Waals surface area contributed by atoms with E-state index in [1.165, 1.54) is 16.7 Å². The van der Waals surface area contributed by atoms with Crippen molar-refractivity contribution >= 4 is 0 Å². The average molecular weight is 234 g/mol. The third-order valence-electron chi connectivity index (χ3n) is 3.71. The van der Waals surface area contributed by atoms with Crippen LogP contribution in [0.2, 0.25) is 0 Å². The molecule has 17 heavy (non-hydrogen) atoms. The molecule has 94 valence electrons. The van der Waals surface area contributed by atoms with E-state index in [4.69, 9.17) is 4.74 Å². The lowest BCUT2D eigenvalue weighted by molar-refractivity contribution is -0.0278. The summed E-state index contributed by atoms with van der Waals surface area (Å²) in [5.41, 5.74) is 3.79. The number of aryl methyl sites for hydroxylation is 2. The Hall–Kier alpha value is -0.860. The van der Waals surface area contributed by atoms with E-state index in [1.807, 2.05) is 0 Å². The van der Waals surface area contributed by atoms with Crippen LogP contribution in [0.4, 0.5) is 0 Å². The van der Waals surface area contributed by atoms with Gasteiger partial charge in [-0.25, -0.2) is 0 Å². The van der Waals surface area contributed by atoms with Crippen molar-refractivity contribution in [2.24, 2.45) is 0 Å². The van der Waals surface area contributed by atoms with Gasteiger partial charge in [-0.3, -0.25) is 0 Å². The van der Waals surface area contributed by atoms with Crippen LogP contribution in [0.15, 0.2) is 18.2 Å². The first-order valence-corrected chi connectivity index (χ1v) is 6.46. The normalized spacial score (nSPS) is 26.1. The summed E-state index contributed by atoms with van der Waals surface area (Å²) in [6.45, 7) is 6.29. The third-order valence-corrected chi connectivity index (χ3v) is 3.71. The summed E-state index contributed by atoms with van der Waals surface area (Å²) < 4.78 is 5.70. The Balaban J connectivity index is 1.98. The summed E-state index contributed by atoms with van der Waals surface area (Å²) in [5, 5.41) is 10.2. The topological polar surface area (TPSA) is 29.5 Å². The van der Waals surface area contributed by atoms with Crippen LogP contribution in [0, 0.1) is 13.8 Å². The second kappa shape index (κ2) is 5.19. The number of aliphatic hydroxyl groups excluding tert-OH is 1. The molecule has 1 aromatic rings. The van der Waals surface area contributed by atoms with E-state index in [0.29, 0.717) is 12.5 Å². The van der Waals surface area contributed by atoms with Gasteiger partial charge in [0.15, 0.2) is 0 Å². The fraction of sp³-hybridized carbons (Fsp3) is 0.600. The summed E-state index contributed by atoms with van der Waals surface area (Å²) in [6.07, 6.45) is 2.68. The molecule has 1 heterocycles. The minimum Gasteiger partial charge on any atom is -0.390 e. The van der Waals surface area contributed by atoms with E-state index in [9.17, 15) is 5.11 Å². The fourth-order valence-corrected chi connectivity index (χ4v) is 2.42. The Labute approximate surface area is 104 Å². The minimum absolute atomic E-state index is 0.0200. The molecule has 2 heteroatoms. The molecule has 0 radical (unpaired) electrons. The van der Waals surface area contributed by atoms with Gasteiger partial charge >= 0.3 is 0 Å². The zero-order valence-corrected chi connectivity index (χ0v) is 10.9. The molecule has 0 saturated carbocycles. The third kappa shape index (κ3) is 3.08. The summed E-state index contributed by atoms with van der Waals surface area (Å²) in [6, 6.07) is 6.39. The number of ether oxygens (including phenoxy) is 1. The molecule has 1 N–H and O–H groups in total. The Morgan fingerprint density at radius 3 is 2.65 bits per heavy atom. The van der Waals surface area contributed by atoms with E-state index < -0.39 is 0 Å². The van der Waals surface area contributed by atoms with Crippen LogP contribution in [-0.2, 0) is 11.2 Å². The largest absolute Gasteiger partial charge is 0.390 e. The van der Waals surface area contributed by atoms with Crippen molar-refractivity contribution in [2.45, 2.75) is 58.3 Å².